The Morgan fingerprint density at radius 3 is 2.64 bits per heavy atom. The molecule has 0 amide bonds. The summed E-state index contributed by atoms with van der Waals surface area (Å²) in [5, 5.41) is 13.9. The maximum Gasteiger partial charge on any atom is 0.237 e. The Hall–Kier alpha value is -2.19. The van der Waals surface area contributed by atoms with Gasteiger partial charge in [-0.25, -0.2) is 0 Å². The number of aromatic nitrogens is 5. The second-order valence-electron chi connectivity index (χ2n) is 7.54. The standard InChI is InChI=1S/C20H26N6OS/c1-15(2)12-17-21-19(27-24-17)14-28-20-23-22-18(13-25-10-6-7-11-25)26(20)16-8-4-3-5-9-16/h3-5,8-9,15H,6-7,10-14H2,1-2H3. The van der Waals surface area contributed by atoms with Crippen molar-refractivity contribution in [3.63, 3.8) is 0 Å². The molecular formula is C20H26N6OS. The van der Waals surface area contributed by atoms with Crippen LogP contribution >= 0.6 is 11.8 Å². The van der Waals surface area contributed by atoms with E-state index in [-0.39, 0.29) is 0 Å². The molecule has 0 spiro atoms. The van der Waals surface area contributed by atoms with Crippen LogP contribution in [0.2, 0.25) is 0 Å². The highest BCUT2D eigenvalue weighted by atomic mass is 32.2. The zero-order valence-corrected chi connectivity index (χ0v) is 17.2. The van der Waals surface area contributed by atoms with Crippen LogP contribution < -0.4 is 0 Å². The number of hydrogen-bond donors (Lipinski definition) is 0. The average Bonchev–Trinajstić information content (AvgIpc) is 3.42. The fraction of sp³-hybridized carbons (Fsp3) is 0.500. The molecule has 0 saturated carbocycles. The van der Waals surface area contributed by atoms with Crippen molar-refractivity contribution in [3.05, 3.63) is 47.9 Å². The zero-order valence-electron chi connectivity index (χ0n) is 16.4. The zero-order chi connectivity index (χ0) is 19.3. The lowest BCUT2D eigenvalue weighted by molar-refractivity contribution is 0.319. The Balaban J connectivity index is 1.52. The normalized spacial score (nSPS) is 15.0. The number of nitrogens with zero attached hydrogens (tertiary/aromatic N) is 6. The first-order chi connectivity index (χ1) is 13.7. The Labute approximate surface area is 169 Å². The number of thioether (sulfide) groups is 1. The average molecular weight is 399 g/mol. The van der Waals surface area contributed by atoms with E-state index in [0.717, 1.165) is 48.5 Å². The first-order valence-corrected chi connectivity index (χ1v) is 10.8. The van der Waals surface area contributed by atoms with Crippen LogP contribution in [-0.2, 0) is 18.7 Å². The summed E-state index contributed by atoms with van der Waals surface area (Å²) in [6, 6.07) is 10.3. The molecule has 1 aromatic carbocycles. The fourth-order valence-electron chi connectivity index (χ4n) is 3.40. The van der Waals surface area contributed by atoms with Crippen molar-refractivity contribution in [2.45, 2.75) is 50.6 Å². The van der Waals surface area contributed by atoms with E-state index in [1.54, 1.807) is 11.8 Å². The number of benzene rings is 1. The van der Waals surface area contributed by atoms with Gasteiger partial charge in [-0.2, -0.15) is 4.98 Å². The summed E-state index contributed by atoms with van der Waals surface area (Å²) < 4.78 is 7.55. The SMILES string of the molecule is CC(C)Cc1noc(CSc2nnc(CN3CCCC3)n2-c2ccccc2)n1. The lowest BCUT2D eigenvalue weighted by Crippen LogP contribution is -2.21. The summed E-state index contributed by atoms with van der Waals surface area (Å²) in [4.78, 5) is 6.93. The van der Waals surface area contributed by atoms with Crippen molar-refractivity contribution in [3.8, 4) is 5.69 Å². The van der Waals surface area contributed by atoms with Gasteiger partial charge in [0.1, 0.15) is 0 Å². The van der Waals surface area contributed by atoms with Gasteiger partial charge in [0, 0.05) is 12.1 Å². The summed E-state index contributed by atoms with van der Waals surface area (Å²) in [7, 11) is 0. The van der Waals surface area contributed by atoms with Gasteiger partial charge in [-0.15, -0.1) is 10.2 Å². The van der Waals surface area contributed by atoms with Crippen LogP contribution in [0.25, 0.3) is 5.69 Å². The van der Waals surface area contributed by atoms with Crippen molar-refractivity contribution >= 4 is 11.8 Å². The molecule has 8 heteroatoms. The maximum absolute atomic E-state index is 5.40. The Morgan fingerprint density at radius 1 is 1.11 bits per heavy atom. The molecule has 0 radical (unpaired) electrons. The molecule has 3 heterocycles. The van der Waals surface area contributed by atoms with E-state index in [1.165, 1.54) is 12.8 Å². The molecule has 2 aromatic heterocycles. The van der Waals surface area contributed by atoms with E-state index in [1.807, 2.05) is 18.2 Å². The lowest BCUT2D eigenvalue weighted by Gasteiger charge is -2.15. The van der Waals surface area contributed by atoms with Crippen molar-refractivity contribution in [1.82, 2.24) is 29.8 Å². The van der Waals surface area contributed by atoms with E-state index in [9.17, 15) is 0 Å². The van der Waals surface area contributed by atoms with Gasteiger partial charge in [0.05, 0.1) is 12.3 Å². The Bertz CT molecular complexity index is 885. The van der Waals surface area contributed by atoms with Gasteiger partial charge in [0.25, 0.3) is 0 Å². The number of likely N-dealkylation sites (tertiary alicyclic amines) is 1. The van der Waals surface area contributed by atoms with E-state index < -0.39 is 0 Å². The summed E-state index contributed by atoms with van der Waals surface area (Å²) >= 11 is 1.58. The fourth-order valence-corrected chi connectivity index (χ4v) is 4.20. The molecule has 0 unspecified atom stereocenters. The van der Waals surface area contributed by atoms with Crippen LogP contribution in [0.15, 0.2) is 40.0 Å². The molecule has 0 N–H and O–H groups in total. The molecule has 148 valence electrons. The molecule has 4 rings (SSSR count). The van der Waals surface area contributed by atoms with Crippen LogP contribution in [0, 0.1) is 5.92 Å². The van der Waals surface area contributed by atoms with Crippen LogP contribution in [0.1, 0.15) is 44.2 Å². The third kappa shape index (κ3) is 4.62. The summed E-state index contributed by atoms with van der Waals surface area (Å²) in [5.74, 6) is 3.46. The molecule has 0 atom stereocenters. The van der Waals surface area contributed by atoms with Gasteiger partial charge >= 0.3 is 0 Å². The smallest absolute Gasteiger partial charge is 0.237 e. The van der Waals surface area contributed by atoms with Crippen molar-refractivity contribution < 1.29 is 4.52 Å². The highest BCUT2D eigenvalue weighted by Crippen LogP contribution is 2.26. The van der Waals surface area contributed by atoms with E-state index in [2.05, 4.69) is 55.8 Å². The van der Waals surface area contributed by atoms with Crippen molar-refractivity contribution in [1.29, 1.82) is 0 Å². The van der Waals surface area contributed by atoms with Gasteiger partial charge in [0.2, 0.25) is 5.89 Å². The van der Waals surface area contributed by atoms with Crippen LogP contribution in [0.3, 0.4) is 0 Å². The van der Waals surface area contributed by atoms with E-state index in [0.29, 0.717) is 17.6 Å². The topological polar surface area (TPSA) is 72.9 Å². The molecule has 0 aliphatic carbocycles. The summed E-state index contributed by atoms with van der Waals surface area (Å²) in [6.45, 7) is 7.38. The Morgan fingerprint density at radius 2 is 1.89 bits per heavy atom. The number of para-hydroxylation sites is 1. The van der Waals surface area contributed by atoms with E-state index >= 15 is 0 Å². The molecule has 1 saturated heterocycles. The maximum atomic E-state index is 5.40. The first-order valence-electron chi connectivity index (χ1n) is 9.85. The third-order valence-corrected chi connectivity index (χ3v) is 5.62. The molecule has 7 nitrogen and oxygen atoms in total. The van der Waals surface area contributed by atoms with Gasteiger partial charge in [-0.3, -0.25) is 9.47 Å². The van der Waals surface area contributed by atoms with Gasteiger partial charge in [0.15, 0.2) is 16.8 Å². The Kier molecular flexibility index (Phi) is 6.07. The third-order valence-electron chi connectivity index (χ3n) is 4.70. The molecule has 3 aromatic rings. The lowest BCUT2D eigenvalue weighted by atomic mass is 10.1. The van der Waals surface area contributed by atoms with Crippen molar-refractivity contribution in [2.24, 2.45) is 5.92 Å². The van der Waals surface area contributed by atoms with E-state index in [4.69, 9.17) is 4.52 Å². The van der Waals surface area contributed by atoms with Crippen LogP contribution in [-0.4, -0.2) is 42.9 Å². The minimum Gasteiger partial charge on any atom is -0.338 e. The van der Waals surface area contributed by atoms with Gasteiger partial charge < -0.3 is 4.52 Å². The molecule has 0 bridgehead atoms. The predicted octanol–water partition coefficient (Wildman–Crippen LogP) is 3.74. The molecule has 1 fully saturated rings. The highest BCUT2D eigenvalue weighted by Gasteiger charge is 2.20. The molecule has 1 aliphatic heterocycles. The van der Waals surface area contributed by atoms with Gasteiger partial charge in [-0.1, -0.05) is 49.0 Å². The van der Waals surface area contributed by atoms with Crippen LogP contribution in [0.5, 0.6) is 0 Å². The first kappa shape index (κ1) is 19.1. The second-order valence-corrected chi connectivity index (χ2v) is 8.49. The quantitative estimate of drug-likeness (QED) is 0.535. The summed E-state index contributed by atoms with van der Waals surface area (Å²) in [6.07, 6.45) is 3.35. The summed E-state index contributed by atoms with van der Waals surface area (Å²) in [5.41, 5.74) is 1.08. The minimum atomic E-state index is 0.507. The minimum absolute atomic E-state index is 0.507. The number of hydrogen-bond acceptors (Lipinski definition) is 7. The monoisotopic (exact) mass is 398 g/mol. The predicted molar refractivity (Wildman–Crippen MR) is 108 cm³/mol. The molecular weight excluding hydrogens is 372 g/mol. The molecule has 28 heavy (non-hydrogen) atoms. The van der Waals surface area contributed by atoms with Crippen molar-refractivity contribution in [2.75, 3.05) is 13.1 Å². The largest absolute Gasteiger partial charge is 0.338 e. The van der Waals surface area contributed by atoms with Crippen LogP contribution in [0.4, 0.5) is 0 Å². The second kappa shape index (κ2) is 8.87. The number of rotatable bonds is 8. The van der Waals surface area contributed by atoms with Gasteiger partial charge in [-0.05, 0) is 44.0 Å². The highest BCUT2D eigenvalue weighted by molar-refractivity contribution is 7.98. The molecule has 1 aliphatic rings.